The van der Waals surface area contributed by atoms with Gasteiger partial charge >= 0.3 is 0 Å². The Balaban J connectivity index is 1.36. The standard InChI is InChI=1S/C60H40N2SSi/c1-4-19-41(20-5-1)42-21-18-26-47(39-42)64(44-22-6-2-7-23-44,45-24-8-3-9-25-45)46-37-35-43(36-38-46)61-53-31-14-12-29-50(53)52-40-56(60-58(59(52)61)51-30-13-17-34-57(51)63-60)62-54-32-15-10-27-48(54)49-28-11-16-33-55(49)62/h1-40H/i1D,2D,3D,4D,5D,6D,7D,8D,9D,10D,11D,12D,13D,14D,15D,16D,17D,18D,19D,20D,21D,22D,23D,24D,25D,26D,27D,28D,29D,30D,31D,32D,33D,34D,35D,36D,37D,38D,39D,40D. The summed E-state index contributed by atoms with van der Waals surface area (Å²) in [5.41, 5.74) is -7.06. The van der Waals surface area contributed by atoms with Crippen LogP contribution in [-0.4, -0.2) is 17.2 Å². The Bertz CT molecular complexity index is 6050. The van der Waals surface area contributed by atoms with Crippen molar-refractivity contribution in [3.8, 4) is 22.5 Å². The highest BCUT2D eigenvalue weighted by Crippen LogP contribution is 2.47. The summed E-state index contributed by atoms with van der Waals surface area (Å²) < 4.78 is 377. The van der Waals surface area contributed by atoms with Gasteiger partial charge in [-0.25, -0.2) is 0 Å². The van der Waals surface area contributed by atoms with Crippen LogP contribution in [0.3, 0.4) is 0 Å². The van der Waals surface area contributed by atoms with Crippen molar-refractivity contribution in [3.63, 3.8) is 0 Å². The molecule has 0 amide bonds. The van der Waals surface area contributed by atoms with Crippen molar-refractivity contribution in [2.45, 2.75) is 0 Å². The molecule has 0 bridgehead atoms. The zero-order chi connectivity index (χ0) is 77.0. The number of hydrogen-bond donors (Lipinski definition) is 0. The summed E-state index contributed by atoms with van der Waals surface area (Å²) in [6.45, 7) is 0. The van der Waals surface area contributed by atoms with E-state index in [9.17, 15) is 30.2 Å². The van der Waals surface area contributed by atoms with E-state index in [0.717, 1.165) is 4.57 Å². The quantitative estimate of drug-likeness (QED) is 0.111. The van der Waals surface area contributed by atoms with Crippen LogP contribution in [0.2, 0.25) is 0 Å². The van der Waals surface area contributed by atoms with Gasteiger partial charge in [0.05, 0.1) is 87.3 Å². The largest absolute Gasteiger partial charge is 0.309 e. The van der Waals surface area contributed by atoms with E-state index in [1.807, 2.05) is 0 Å². The third-order valence-corrected chi connectivity index (χ3v) is 15.7. The Morgan fingerprint density at radius 3 is 1.45 bits per heavy atom. The number of nitrogens with zero attached hydrogens (tertiary/aromatic N) is 2. The van der Waals surface area contributed by atoms with Gasteiger partial charge in [-0.1, -0.05) is 199 Å². The molecule has 3 aromatic heterocycles. The Morgan fingerprint density at radius 2 is 0.828 bits per heavy atom. The minimum Gasteiger partial charge on any atom is -0.309 e. The second-order valence-electron chi connectivity index (χ2n) is 13.8. The van der Waals surface area contributed by atoms with Crippen molar-refractivity contribution in [2.24, 2.45) is 0 Å². The van der Waals surface area contributed by atoms with Gasteiger partial charge in [0.15, 0.2) is 8.07 Å². The van der Waals surface area contributed by atoms with Crippen LogP contribution in [0.1, 0.15) is 54.8 Å². The zero-order valence-corrected chi connectivity index (χ0v) is 33.6. The Morgan fingerprint density at radius 1 is 0.359 bits per heavy atom. The molecular formula is C60H40N2SSi. The van der Waals surface area contributed by atoms with E-state index in [-0.39, 0.29) is 0 Å². The van der Waals surface area contributed by atoms with E-state index < -0.39 is 357 Å². The molecule has 0 unspecified atom stereocenters. The van der Waals surface area contributed by atoms with Crippen molar-refractivity contribution >= 4 is 104 Å². The van der Waals surface area contributed by atoms with Crippen LogP contribution in [0.4, 0.5) is 0 Å². The van der Waals surface area contributed by atoms with Crippen molar-refractivity contribution < 1.29 is 54.8 Å². The second-order valence-corrected chi connectivity index (χ2v) is 18.3. The number of aromatic nitrogens is 2. The van der Waals surface area contributed by atoms with Gasteiger partial charge in [0.2, 0.25) is 0 Å². The minimum atomic E-state index is -6.85. The Hall–Kier alpha value is -7.76. The van der Waals surface area contributed by atoms with Gasteiger partial charge in [-0.15, -0.1) is 11.3 Å². The summed E-state index contributed by atoms with van der Waals surface area (Å²) in [6, 6.07) is -47.3. The summed E-state index contributed by atoms with van der Waals surface area (Å²) in [6.07, 6.45) is 0. The van der Waals surface area contributed by atoms with Crippen molar-refractivity contribution in [3.05, 3.63) is 242 Å². The first-order valence-corrected chi connectivity index (χ1v) is 21.6. The number of thiophene rings is 1. The molecule has 0 fully saturated rings. The summed E-state index contributed by atoms with van der Waals surface area (Å²) in [5, 5.41) is -9.25. The first-order chi connectivity index (χ1) is 48.4. The molecule has 3 heterocycles. The lowest BCUT2D eigenvalue weighted by Gasteiger charge is -2.35. The number of rotatable bonds is 7. The zero-order valence-electron chi connectivity index (χ0n) is 71.8. The highest BCUT2D eigenvalue weighted by Gasteiger charge is 2.41. The fourth-order valence-corrected chi connectivity index (χ4v) is 12.7. The van der Waals surface area contributed by atoms with Crippen LogP contribution < -0.4 is 20.7 Å². The number of fused-ring (bicyclic) bond motifs is 10. The van der Waals surface area contributed by atoms with Crippen LogP contribution in [0.25, 0.3) is 86.3 Å². The van der Waals surface area contributed by atoms with E-state index in [1.54, 1.807) is 0 Å². The molecule has 64 heavy (non-hydrogen) atoms. The van der Waals surface area contributed by atoms with Crippen LogP contribution in [-0.2, 0) is 0 Å². The summed E-state index contributed by atoms with van der Waals surface area (Å²) in [7, 11) is -6.85. The summed E-state index contributed by atoms with van der Waals surface area (Å²) in [4.78, 5) is 0. The topological polar surface area (TPSA) is 9.86 Å². The van der Waals surface area contributed by atoms with Crippen LogP contribution >= 0.6 is 11.3 Å². The van der Waals surface area contributed by atoms with Gasteiger partial charge in [-0.05, 0) is 74.2 Å². The highest BCUT2D eigenvalue weighted by atomic mass is 32.1. The molecule has 0 radical (unpaired) electrons. The molecule has 2 nitrogen and oxygen atoms in total. The molecule has 0 N–H and O–H groups in total. The molecule has 0 saturated carbocycles. The lowest BCUT2D eigenvalue weighted by Crippen LogP contribution is -2.74. The van der Waals surface area contributed by atoms with E-state index >= 15 is 0 Å². The summed E-state index contributed by atoms with van der Waals surface area (Å²) in [5.74, 6) is 0. The smallest absolute Gasteiger partial charge is 0.179 e. The average Bonchev–Trinajstić information content (AvgIpc) is 1.09. The molecule has 13 rings (SSSR count). The lowest BCUT2D eigenvalue weighted by molar-refractivity contribution is 1.18. The number of benzene rings is 10. The summed E-state index contributed by atoms with van der Waals surface area (Å²) >= 11 is 0.437. The predicted molar refractivity (Wildman–Crippen MR) is 277 cm³/mol. The SMILES string of the molecule is [2H]c1c([2H])c([2H])c(-c2c([2H])c([2H])c([2H])c([Si](c3c([2H])c([2H])c([2H])c([2H])c3[2H])(c3c([2H])c([2H])c([2H])c([2H])c3[2H])c3c([2H])c([2H])c(-n4c5c([2H])c([2H])c([2H])c([2H])c5c5c([2H])c(-n6c7c([2H])c([2H])c([2H])c([2H])c7c7c([2H])c([2H])c([2H])c([2H])c76)c6sc7c([2H])c([2H])c([2H])c([2H])c7c6c54)c([2H])c3[2H])c2[2H])c([2H])c1[2H]. The molecule has 0 aliphatic rings. The van der Waals surface area contributed by atoms with Gasteiger partial charge in [0.1, 0.15) is 0 Å². The normalized spacial score (nSPS) is 20.8. The van der Waals surface area contributed by atoms with Gasteiger partial charge in [-0.3, -0.25) is 0 Å². The molecule has 4 heteroatoms. The number of para-hydroxylation sites is 3. The molecule has 13 aromatic rings. The average molecular weight is 889 g/mol. The molecule has 300 valence electrons. The predicted octanol–water partition coefficient (Wildman–Crippen LogP) is 13.3. The van der Waals surface area contributed by atoms with Crippen LogP contribution in [0.5, 0.6) is 0 Å². The maximum atomic E-state index is 10.6. The van der Waals surface area contributed by atoms with Gasteiger partial charge in [0, 0.05) is 42.7 Å². The fourth-order valence-electron chi connectivity index (χ4n) is 8.03. The van der Waals surface area contributed by atoms with Gasteiger partial charge in [0.25, 0.3) is 0 Å². The minimum absolute atomic E-state index is 0.421. The monoisotopic (exact) mass is 889 g/mol. The first kappa shape index (κ1) is 14.6. The van der Waals surface area contributed by atoms with Gasteiger partial charge in [-0.2, -0.15) is 0 Å². The molecule has 0 saturated heterocycles. The second kappa shape index (κ2) is 14.7. The third-order valence-electron chi connectivity index (χ3n) is 10.6. The first-order valence-electron chi connectivity index (χ1n) is 38.7. The van der Waals surface area contributed by atoms with E-state index in [2.05, 4.69) is 0 Å². The lowest BCUT2D eigenvalue weighted by atomic mass is 10.1. The van der Waals surface area contributed by atoms with E-state index in [1.165, 1.54) is 0 Å². The maximum absolute atomic E-state index is 10.6. The highest BCUT2D eigenvalue weighted by molar-refractivity contribution is 7.26. The van der Waals surface area contributed by atoms with Crippen LogP contribution in [0, 0.1) is 0 Å². The van der Waals surface area contributed by atoms with E-state index in [0.29, 0.717) is 15.9 Å². The van der Waals surface area contributed by atoms with Crippen molar-refractivity contribution in [2.75, 3.05) is 0 Å². The maximum Gasteiger partial charge on any atom is 0.179 e. The molecule has 0 atom stereocenters. The molecule has 10 aromatic carbocycles. The van der Waals surface area contributed by atoms with Crippen molar-refractivity contribution in [1.29, 1.82) is 0 Å². The molecule has 0 spiro atoms. The Labute approximate surface area is 432 Å². The van der Waals surface area contributed by atoms with E-state index in [4.69, 9.17) is 24.7 Å². The third kappa shape index (κ3) is 5.43. The number of hydrogen-bond acceptors (Lipinski definition) is 1. The Kier molecular flexibility index (Phi) is 3.36. The molecule has 0 aliphatic heterocycles. The van der Waals surface area contributed by atoms with Gasteiger partial charge < -0.3 is 9.13 Å². The fraction of sp³-hybridized carbons (Fsp3) is 0. The molecular weight excluding hydrogens is 809 g/mol. The van der Waals surface area contributed by atoms with Crippen molar-refractivity contribution in [1.82, 2.24) is 9.13 Å². The van der Waals surface area contributed by atoms with Crippen LogP contribution in [0.15, 0.2) is 242 Å². The molecule has 0 aliphatic carbocycles.